The van der Waals surface area contributed by atoms with E-state index in [1.165, 1.54) is 12.1 Å². The highest BCUT2D eigenvalue weighted by molar-refractivity contribution is 5.09. The number of rotatable bonds is 6. The van der Waals surface area contributed by atoms with Crippen molar-refractivity contribution in [1.29, 1.82) is 0 Å². The number of nitrogens with zero attached hydrogens (tertiary/aromatic N) is 2. The predicted octanol–water partition coefficient (Wildman–Crippen LogP) is 2.13. The average molecular weight is 296 g/mol. The molecule has 0 radical (unpaired) electrons. The molecule has 1 aliphatic carbocycles. The smallest absolute Gasteiger partial charge is 0.141 e. The number of aliphatic hydroxyl groups excluding tert-OH is 1. The first-order valence-electron chi connectivity index (χ1n) is 7.60. The molecule has 1 fully saturated rings. The Hall–Kier alpha value is -1.04. The lowest BCUT2D eigenvalue weighted by molar-refractivity contribution is 0.00497. The van der Waals surface area contributed by atoms with Crippen molar-refractivity contribution in [2.24, 2.45) is 5.92 Å². The maximum absolute atomic E-state index is 12.9. The van der Waals surface area contributed by atoms with Crippen molar-refractivity contribution in [3.63, 3.8) is 0 Å². The van der Waals surface area contributed by atoms with Crippen molar-refractivity contribution >= 4 is 0 Å². The maximum atomic E-state index is 12.9. The topological polar surface area (TPSA) is 56.6 Å². The molecular formula is C16H25FN2O2. The van der Waals surface area contributed by atoms with E-state index in [0.717, 1.165) is 31.9 Å². The van der Waals surface area contributed by atoms with E-state index in [0.29, 0.717) is 18.8 Å². The van der Waals surface area contributed by atoms with Crippen LogP contribution in [0.25, 0.3) is 0 Å². The van der Waals surface area contributed by atoms with Crippen LogP contribution >= 0.6 is 0 Å². The second-order valence-corrected chi connectivity index (χ2v) is 6.45. The van der Waals surface area contributed by atoms with E-state index in [4.69, 9.17) is 0 Å². The van der Waals surface area contributed by atoms with Crippen LogP contribution in [-0.2, 0) is 0 Å². The van der Waals surface area contributed by atoms with E-state index >= 15 is 0 Å². The fraction of sp³-hybridized carbons (Fsp3) is 0.688. The van der Waals surface area contributed by atoms with Crippen molar-refractivity contribution < 1.29 is 14.6 Å². The number of likely N-dealkylation sites (N-methyl/N-ethyl adjacent to an activating group) is 1. The molecule has 0 saturated heterocycles. The zero-order valence-corrected chi connectivity index (χ0v) is 12.8. The zero-order chi connectivity index (χ0) is 15.5. The lowest BCUT2D eigenvalue weighted by atomic mass is 9.98. The second-order valence-electron chi connectivity index (χ2n) is 6.45. The predicted molar refractivity (Wildman–Crippen MR) is 79.2 cm³/mol. The van der Waals surface area contributed by atoms with Crippen LogP contribution in [0.5, 0.6) is 0 Å². The third kappa shape index (κ3) is 4.46. The first-order chi connectivity index (χ1) is 9.89. The minimum Gasteiger partial charge on any atom is -0.389 e. The average Bonchev–Trinajstić information content (AvgIpc) is 2.84. The van der Waals surface area contributed by atoms with Gasteiger partial charge >= 0.3 is 0 Å². The number of aromatic nitrogens is 1. The molecule has 2 rings (SSSR count). The van der Waals surface area contributed by atoms with Crippen molar-refractivity contribution in [3.8, 4) is 0 Å². The Morgan fingerprint density at radius 2 is 2.05 bits per heavy atom. The molecule has 5 heteroatoms. The molecule has 0 aliphatic heterocycles. The van der Waals surface area contributed by atoms with Gasteiger partial charge in [-0.15, -0.1) is 0 Å². The quantitative estimate of drug-likeness (QED) is 0.844. The Morgan fingerprint density at radius 1 is 1.38 bits per heavy atom. The molecule has 1 aromatic rings. The van der Waals surface area contributed by atoms with Crippen LogP contribution in [0.2, 0.25) is 0 Å². The fourth-order valence-electron chi connectivity index (χ4n) is 3.20. The van der Waals surface area contributed by atoms with Gasteiger partial charge in [-0.25, -0.2) is 4.39 Å². The van der Waals surface area contributed by atoms with Crippen molar-refractivity contribution in [3.05, 3.63) is 29.8 Å². The first kappa shape index (κ1) is 16.3. The third-order valence-electron chi connectivity index (χ3n) is 4.29. The molecule has 0 aromatic carbocycles. The van der Waals surface area contributed by atoms with Crippen LogP contribution in [0.15, 0.2) is 18.3 Å². The minimum atomic E-state index is -0.730. The van der Waals surface area contributed by atoms with Crippen molar-refractivity contribution in [2.75, 3.05) is 20.1 Å². The Kier molecular flexibility index (Phi) is 5.30. The molecule has 2 unspecified atom stereocenters. The van der Waals surface area contributed by atoms with Crippen LogP contribution in [0.3, 0.4) is 0 Å². The normalized spacial score (nSPS) is 20.7. The third-order valence-corrected chi connectivity index (χ3v) is 4.29. The second kappa shape index (κ2) is 6.81. The molecule has 118 valence electrons. The molecule has 21 heavy (non-hydrogen) atoms. The molecular weight excluding hydrogens is 271 g/mol. The van der Waals surface area contributed by atoms with Gasteiger partial charge in [-0.2, -0.15) is 0 Å². The Balaban J connectivity index is 1.87. The molecule has 1 saturated carbocycles. The van der Waals surface area contributed by atoms with Gasteiger partial charge in [0.2, 0.25) is 0 Å². The Morgan fingerprint density at radius 3 is 2.62 bits per heavy atom. The van der Waals surface area contributed by atoms with Crippen LogP contribution in [0.1, 0.15) is 44.4 Å². The molecule has 0 bridgehead atoms. The number of aliphatic hydroxyl groups is 2. The summed E-state index contributed by atoms with van der Waals surface area (Å²) in [5.74, 6) is -0.447. The van der Waals surface area contributed by atoms with Crippen LogP contribution < -0.4 is 0 Å². The summed E-state index contributed by atoms with van der Waals surface area (Å²) in [4.78, 5) is 5.99. The summed E-state index contributed by atoms with van der Waals surface area (Å²) in [6.07, 6.45) is 4.27. The summed E-state index contributed by atoms with van der Waals surface area (Å²) in [5, 5.41) is 20.7. The molecule has 2 atom stereocenters. The van der Waals surface area contributed by atoms with Gasteiger partial charge in [0.25, 0.3) is 0 Å². The van der Waals surface area contributed by atoms with Crippen LogP contribution in [0, 0.1) is 11.7 Å². The van der Waals surface area contributed by atoms with Gasteiger partial charge in [0.05, 0.1) is 23.6 Å². The number of pyridine rings is 1. The van der Waals surface area contributed by atoms with Crippen LogP contribution in [-0.4, -0.2) is 45.8 Å². The van der Waals surface area contributed by atoms with Gasteiger partial charge in [0.15, 0.2) is 0 Å². The summed E-state index contributed by atoms with van der Waals surface area (Å²) >= 11 is 0. The highest BCUT2D eigenvalue weighted by Crippen LogP contribution is 2.30. The maximum Gasteiger partial charge on any atom is 0.141 e. The molecule has 1 aliphatic rings. The summed E-state index contributed by atoms with van der Waals surface area (Å²) in [6.45, 7) is 3.22. The zero-order valence-electron chi connectivity index (χ0n) is 12.8. The number of halogens is 1. The fourth-order valence-corrected chi connectivity index (χ4v) is 3.20. The molecule has 4 nitrogen and oxygen atoms in total. The Bertz CT molecular complexity index is 446. The van der Waals surface area contributed by atoms with E-state index in [9.17, 15) is 14.6 Å². The molecule has 1 heterocycles. The van der Waals surface area contributed by atoms with Gasteiger partial charge in [0, 0.05) is 19.0 Å². The summed E-state index contributed by atoms with van der Waals surface area (Å²) in [6, 6.07) is 2.82. The number of hydrogen-bond donors (Lipinski definition) is 2. The lowest BCUT2D eigenvalue weighted by Gasteiger charge is -2.31. The first-order valence-corrected chi connectivity index (χ1v) is 7.60. The Labute approximate surface area is 125 Å². The SMILES string of the molecule is CC(CN(C)CC1(O)CCCC1)C(O)c1ccc(F)cn1. The summed E-state index contributed by atoms with van der Waals surface area (Å²) in [5.41, 5.74) is -0.0926. The van der Waals surface area contributed by atoms with Gasteiger partial charge < -0.3 is 15.1 Å². The van der Waals surface area contributed by atoms with E-state index in [1.54, 1.807) is 0 Å². The summed E-state index contributed by atoms with van der Waals surface area (Å²) < 4.78 is 12.9. The molecule has 1 aromatic heterocycles. The highest BCUT2D eigenvalue weighted by Gasteiger charge is 2.32. The summed E-state index contributed by atoms with van der Waals surface area (Å²) in [7, 11) is 1.96. The van der Waals surface area contributed by atoms with Crippen molar-refractivity contribution in [2.45, 2.75) is 44.3 Å². The van der Waals surface area contributed by atoms with E-state index in [2.05, 4.69) is 9.88 Å². The molecule has 2 N–H and O–H groups in total. The molecule has 0 amide bonds. The number of hydrogen-bond acceptors (Lipinski definition) is 4. The van der Waals surface area contributed by atoms with Gasteiger partial charge in [0.1, 0.15) is 5.82 Å². The van der Waals surface area contributed by atoms with E-state index in [1.807, 2.05) is 14.0 Å². The van der Waals surface area contributed by atoms with Gasteiger partial charge in [-0.05, 0) is 32.0 Å². The van der Waals surface area contributed by atoms with Gasteiger partial charge in [-0.1, -0.05) is 19.8 Å². The largest absolute Gasteiger partial charge is 0.389 e. The van der Waals surface area contributed by atoms with E-state index < -0.39 is 17.5 Å². The van der Waals surface area contributed by atoms with Crippen molar-refractivity contribution in [1.82, 2.24) is 9.88 Å². The molecule has 0 spiro atoms. The highest BCUT2D eigenvalue weighted by atomic mass is 19.1. The standard InChI is InChI=1S/C16H25FN2O2/c1-12(15(20)14-6-5-13(17)9-18-14)10-19(2)11-16(21)7-3-4-8-16/h5-6,9,12,15,20-21H,3-4,7-8,10-11H2,1-2H3. The monoisotopic (exact) mass is 296 g/mol. The van der Waals surface area contributed by atoms with Crippen LogP contribution in [0.4, 0.5) is 4.39 Å². The lowest BCUT2D eigenvalue weighted by Crippen LogP contribution is -2.41. The minimum absolute atomic E-state index is 0.0436. The van der Waals surface area contributed by atoms with E-state index in [-0.39, 0.29) is 5.92 Å². The van der Waals surface area contributed by atoms with Gasteiger partial charge in [-0.3, -0.25) is 4.98 Å².